The number of hydrogen-bond acceptors (Lipinski definition) is 10. The quantitative estimate of drug-likeness (QED) is 0.168. The topological polar surface area (TPSA) is 195 Å². The summed E-state index contributed by atoms with van der Waals surface area (Å²) in [5.74, 6) is -1.34. The van der Waals surface area contributed by atoms with E-state index in [0.29, 0.717) is 21.5 Å². The van der Waals surface area contributed by atoms with Crippen LogP contribution in [0.25, 0.3) is 21.5 Å². The molecule has 0 fully saturated rings. The minimum atomic E-state index is -4.51. The van der Waals surface area contributed by atoms with Gasteiger partial charge in [-0.3, -0.25) is 0 Å². The van der Waals surface area contributed by atoms with Crippen molar-refractivity contribution in [1.29, 1.82) is 0 Å². The Morgan fingerprint density at radius 3 is 1.03 bits per heavy atom. The molecule has 0 saturated carbocycles. The van der Waals surface area contributed by atoms with Crippen LogP contribution in [0.15, 0.2) is 70.5 Å². The number of fused-ring (bicyclic) bond motifs is 2. The molecule has 0 radical (unpaired) electrons. The van der Waals surface area contributed by atoms with Gasteiger partial charge in [-0.2, -0.15) is 0 Å². The smallest absolute Gasteiger partial charge is 0.744 e. The second kappa shape index (κ2) is 9.43. The Kier molecular flexibility index (Phi) is 7.49. The van der Waals surface area contributed by atoms with Crippen LogP contribution in [0.2, 0.25) is 0 Å². The van der Waals surface area contributed by atoms with E-state index in [1.165, 1.54) is 36.4 Å². The average Bonchev–Trinajstić information content (AvgIpc) is 2.68. The van der Waals surface area contributed by atoms with Crippen molar-refractivity contribution >= 4 is 41.8 Å². The van der Waals surface area contributed by atoms with E-state index in [9.17, 15) is 46.4 Å². The molecule has 4 aromatic rings. The summed E-state index contributed by atoms with van der Waals surface area (Å²) in [5.41, 5.74) is 0. The van der Waals surface area contributed by atoms with Crippen molar-refractivity contribution in [3.05, 3.63) is 60.7 Å². The molecule has 0 aliphatic rings. The molecule has 0 unspecified atom stereocenters. The molecule has 4 rings (SSSR count). The maximum atomic E-state index is 10.8. The first-order chi connectivity index (χ1) is 14.8. The molecule has 0 bridgehead atoms. The van der Waals surface area contributed by atoms with E-state index in [0.717, 1.165) is 24.3 Å². The monoisotopic (exact) mass is 534 g/mol. The molecule has 0 spiro atoms. The van der Waals surface area contributed by atoms with Gasteiger partial charge in [-0.05, 0) is 70.1 Å². The predicted octanol–water partition coefficient (Wildman–Crippen LogP) is 2.31. The number of benzene rings is 4. The summed E-state index contributed by atoms with van der Waals surface area (Å²) in [5, 5.41) is 38.7. The minimum absolute atomic E-state index is 0. The van der Waals surface area contributed by atoms with Crippen LogP contribution in [0.5, 0.6) is 23.0 Å². The molecule has 0 saturated heterocycles. The number of hydrogen-bond donors (Lipinski definition) is 4. The molecule has 0 aliphatic carbocycles. The second-order valence-electron chi connectivity index (χ2n) is 6.61. The van der Waals surface area contributed by atoms with E-state index in [4.69, 9.17) is 0 Å². The third-order valence-corrected chi connectivity index (χ3v) is 6.05. The fourth-order valence-electron chi connectivity index (χ4n) is 2.81. The standard InChI is InChI=1S/2C10H8O5S.Fe/c2*11-9-4-6-1-2-8(16(13,14)15)3-7(6)5-10(9)12;/h2*1-5,11-12H,(H,13,14,15);/q;;+2/p-2. The van der Waals surface area contributed by atoms with Crippen LogP contribution < -0.4 is 0 Å². The van der Waals surface area contributed by atoms with Gasteiger partial charge in [-0.25, -0.2) is 16.8 Å². The van der Waals surface area contributed by atoms with Crippen LogP contribution in [-0.4, -0.2) is 46.4 Å². The van der Waals surface area contributed by atoms with Crippen molar-refractivity contribution in [2.45, 2.75) is 9.79 Å². The first-order valence-corrected chi connectivity index (χ1v) is 11.4. The van der Waals surface area contributed by atoms with Crippen molar-refractivity contribution in [3.63, 3.8) is 0 Å². The zero-order valence-electron chi connectivity index (χ0n) is 16.2. The van der Waals surface area contributed by atoms with Crippen molar-refractivity contribution in [2.24, 2.45) is 0 Å². The van der Waals surface area contributed by atoms with E-state index in [2.05, 4.69) is 0 Å². The van der Waals surface area contributed by atoms with Crippen molar-refractivity contribution in [3.8, 4) is 23.0 Å². The van der Waals surface area contributed by atoms with E-state index < -0.39 is 20.2 Å². The van der Waals surface area contributed by atoms with E-state index in [1.807, 2.05) is 0 Å². The molecule has 10 nitrogen and oxygen atoms in total. The van der Waals surface area contributed by atoms with Gasteiger partial charge in [0.25, 0.3) is 0 Å². The van der Waals surface area contributed by atoms with E-state index in [-0.39, 0.29) is 49.9 Å². The van der Waals surface area contributed by atoms with Crippen LogP contribution in [0.1, 0.15) is 0 Å². The molecule has 0 aliphatic heterocycles. The molecule has 0 atom stereocenters. The van der Waals surface area contributed by atoms with Crippen molar-refractivity contribution in [2.75, 3.05) is 0 Å². The number of phenols is 4. The predicted molar refractivity (Wildman–Crippen MR) is 110 cm³/mol. The van der Waals surface area contributed by atoms with Crippen LogP contribution in [0.3, 0.4) is 0 Å². The second-order valence-corrected chi connectivity index (χ2v) is 9.37. The van der Waals surface area contributed by atoms with Crippen molar-refractivity contribution in [1.82, 2.24) is 0 Å². The Morgan fingerprint density at radius 1 is 0.485 bits per heavy atom. The molecule has 4 N–H and O–H groups in total. The molecule has 4 aromatic carbocycles. The zero-order valence-corrected chi connectivity index (χ0v) is 18.9. The minimum Gasteiger partial charge on any atom is -0.744 e. The summed E-state index contributed by atoms with van der Waals surface area (Å²) < 4.78 is 64.6. The summed E-state index contributed by atoms with van der Waals surface area (Å²) in [4.78, 5) is -0.741. The molecule has 0 heterocycles. The van der Waals surface area contributed by atoms with Crippen LogP contribution >= 0.6 is 0 Å². The van der Waals surface area contributed by atoms with Gasteiger partial charge in [0, 0.05) is 0 Å². The molecule has 174 valence electrons. The Morgan fingerprint density at radius 2 is 0.758 bits per heavy atom. The first-order valence-electron chi connectivity index (χ1n) is 8.59. The summed E-state index contributed by atoms with van der Waals surface area (Å²) in [7, 11) is -9.02. The molecule has 13 heteroatoms. The number of rotatable bonds is 2. The van der Waals surface area contributed by atoms with Gasteiger partial charge in [0.05, 0.1) is 9.79 Å². The van der Waals surface area contributed by atoms with Crippen LogP contribution in [0.4, 0.5) is 0 Å². The van der Waals surface area contributed by atoms with Gasteiger partial charge in [-0.1, -0.05) is 12.1 Å². The van der Waals surface area contributed by atoms with Gasteiger partial charge < -0.3 is 29.5 Å². The van der Waals surface area contributed by atoms with Gasteiger partial charge >= 0.3 is 17.1 Å². The maximum Gasteiger partial charge on any atom is 2.00 e. The van der Waals surface area contributed by atoms with Gasteiger partial charge in [0.1, 0.15) is 20.2 Å². The largest absolute Gasteiger partial charge is 2.00 e. The Bertz CT molecular complexity index is 1450. The summed E-state index contributed by atoms with van der Waals surface area (Å²) in [6, 6.07) is 12.3. The van der Waals surface area contributed by atoms with Crippen molar-refractivity contribution < 1.29 is 63.4 Å². The molecule has 0 aromatic heterocycles. The third kappa shape index (κ3) is 6.05. The molecule has 33 heavy (non-hydrogen) atoms. The molecular weight excluding hydrogens is 520 g/mol. The summed E-state index contributed by atoms with van der Waals surface area (Å²) >= 11 is 0. The Balaban J connectivity index is 0.000000227. The zero-order chi connectivity index (χ0) is 23.8. The van der Waals surface area contributed by atoms with Gasteiger partial charge in [0.15, 0.2) is 23.0 Å². The van der Waals surface area contributed by atoms with Crippen LogP contribution in [-0.2, 0) is 37.3 Å². The van der Waals surface area contributed by atoms with Gasteiger partial charge in [0.2, 0.25) is 0 Å². The Labute approximate surface area is 198 Å². The maximum absolute atomic E-state index is 10.8. The Hall–Kier alpha value is -3.06. The first kappa shape index (κ1) is 26.2. The fourth-order valence-corrected chi connectivity index (χ4v) is 3.83. The average molecular weight is 534 g/mol. The summed E-state index contributed by atoms with van der Waals surface area (Å²) in [6.07, 6.45) is 0. The number of phenolic OH excluding ortho intramolecular Hbond substituents is 4. The molecule has 0 amide bonds. The fraction of sp³-hybridized carbons (Fsp3) is 0. The number of aromatic hydroxyl groups is 4. The SMILES string of the molecule is O=S(=O)([O-])c1ccc2cc(O)c(O)cc2c1.O=S(=O)([O-])c1ccc2cc(O)c(O)cc2c1.[Fe+2]. The van der Waals surface area contributed by atoms with E-state index in [1.54, 1.807) is 0 Å². The summed E-state index contributed by atoms with van der Waals surface area (Å²) in [6.45, 7) is 0. The third-order valence-electron chi connectivity index (χ3n) is 4.39. The van der Waals surface area contributed by atoms with E-state index >= 15 is 0 Å². The molecular formula is C20H14FeO10S2. The van der Waals surface area contributed by atoms with Crippen LogP contribution in [0, 0.1) is 0 Å². The normalized spacial score (nSPS) is 11.5. The van der Waals surface area contributed by atoms with Gasteiger partial charge in [-0.15, -0.1) is 0 Å².